The first-order valence-corrected chi connectivity index (χ1v) is 11.3. The average Bonchev–Trinajstić information content (AvgIpc) is 2.69. The number of guanidine groups is 1. The summed E-state index contributed by atoms with van der Waals surface area (Å²) in [5.74, 6) is 0.231. The molecule has 0 aliphatic rings. The lowest BCUT2D eigenvalue weighted by Gasteiger charge is -2.12. The lowest BCUT2D eigenvalue weighted by atomic mass is 10.1. The molecule has 2 aromatic carbocycles. The fourth-order valence-corrected chi connectivity index (χ4v) is 3.60. The van der Waals surface area contributed by atoms with Crippen molar-refractivity contribution in [2.24, 2.45) is 4.99 Å². The molecule has 6 nitrogen and oxygen atoms in total. The van der Waals surface area contributed by atoms with Gasteiger partial charge in [-0.2, -0.15) is 0 Å². The third kappa shape index (κ3) is 8.62. The van der Waals surface area contributed by atoms with E-state index in [1.165, 1.54) is 12.1 Å². The molecule has 29 heavy (non-hydrogen) atoms. The zero-order chi connectivity index (χ0) is 21.1. The van der Waals surface area contributed by atoms with Gasteiger partial charge in [0, 0.05) is 19.6 Å². The highest BCUT2D eigenvalue weighted by molar-refractivity contribution is 7.89. The van der Waals surface area contributed by atoms with Gasteiger partial charge in [-0.25, -0.2) is 17.5 Å². The van der Waals surface area contributed by atoms with Crippen molar-refractivity contribution in [3.8, 4) is 0 Å². The Kier molecular flexibility index (Phi) is 9.08. The van der Waals surface area contributed by atoms with Gasteiger partial charge in [-0.15, -0.1) is 0 Å². The summed E-state index contributed by atoms with van der Waals surface area (Å²) in [5, 5.41) is 6.29. The molecule has 0 spiro atoms. The molecule has 8 heteroatoms. The Morgan fingerprint density at radius 2 is 1.86 bits per heavy atom. The van der Waals surface area contributed by atoms with Crippen LogP contribution in [-0.4, -0.2) is 39.8 Å². The Bertz CT molecular complexity index is 902. The van der Waals surface area contributed by atoms with E-state index in [-0.39, 0.29) is 24.7 Å². The zero-order valence-corrected chi connectivity index (χ0v) is 17.7. The number of nitrogens with zero attached hydrogens (tertiary/aromatic N) is 1. The van der Waals surface area contributed by atoms with Crippen molar-refractivity contribution in [3.05, 3.63) is 71.0 Å². The number of nitrogens with one attached hydrogen (secondary N) is 3. The molecule has 0 aliphatic carbocycles. The number of hydrogen-bond acceptors (Lipinski definition) is 3. The highest BCUT2D eigenvalue weighted by Crippen LogP contribution is 2.10. The fourth-order valence-electron chi connectivity index (χ4n) is 2.74. The Morgan fingerprint density at radius 1 is 1.10 bits per heavy atom. The first-order chi connectivity index (χ1) is 13.9. The van der Waals surface area contributed by atoms with Gasteiger partial charge in [0.1, 0.15) is 5.82 Å². The lowest BCUT2D eigenvalue weighted by Crippen LogP contribution is -2.39. The lowest BCUT2D eigenvalue weighted by molar-refractivity contribution is 0.581. The van der Waals surface area contributed by atoms with Gasteiger partial charge in [-0.05, 0) is 49.1 Å². The number of sulfonamides is 1. The molecule has 0 unspecified atom stereocenters. The van der Waals surface area contributed by atoms with E-state index in [0.29, 0.717) is 25.5 Å². The topological polar surface area (TPSA) is 82.6 Å². The highest BCUT2D eigenvalue weighted by Gasteiger charge is 2.09. The summed E-state index contributed by atoms with van der Waals surface area (Å²) in [6.45, 7) is 5.51. The second-order valence-electron chi connectivity index (χ2n) is 6.63. The van der Waals surface area contributed by atoms with Gasteiger partial charge in [0.2, 0.25) is 10.0 Å². The van der Waals surface area contributed by atoms with E-state index < -0.39 is 10.0 Å². The van der Waals surface area contributed by atoms with Crippen LogP contribution in [0.1, 0.15) is 23.6 Å². The molecule has 2 aromatic rings. The summed E-state index contributed by atoms with van der Waals surface area (Å²) in [6, 6.07) is 14.1. The second kappa shape index (κ2) is 11.5. The first-order valence-electron chi connectivity index (χ1n) is 9.68. The van der Waals surface area contributed by atoms with Crippen LogP contribution in [0.3, 0.4) is 0 Å². The van der Waals surface area contributed by atoms with Crippen molar-refractivity contribution in [2.75, 3.05) is 25.4 Å². The fraction of sp³-hybridized carbons (Fsp3) is 0.381. The van der Waals surface area contributed by atoms with Crippen molar-refractivity contribution in [2.45, 2.75) is 26.8 Å². The minimum absolute atomic E-state index is 0.0898. The first kappa shape index (κ1) is 22.8. The molecule has 0 bridgehead atoms. The van der Waals surface area contributed by atoms with Crippen LogP contribution in [0.2, 0.25) is 0 Å². The number of aryl methyl sites for hydroxylation is 1. The van der Waals surface area contributed by atoms with Crippen LogP contribution in [0.25, 0.3) is 0 Å². The molecule has 0 heterocycles. The standard InChI is InChI=1S/C21H29FN4O2S/c1-3-23-21(24-12-11-19-9-10-20(22)15-17(19)2)25-13-14-29(27,28)26-16-18-7-5-4-6-8-18/h4-10,15,26H,3,11-14,16H2,1-2H3,(H2,23,24,25). The van der Waals surface area contributed by atoms with Crippen molar-refractivity contribution in [1.29, 1.82) is 0 Å². The van der Waals surface area contributed by atoms with Gasteiger partial charge < -0.3 is 10.6 Å². The number of hydrogen-bond donors (Lipinski definition) is 3. The maximum absolute atomic E-state index is 13.2. The van der Waals surface area contributed by atoms with Gasteiger partial charge in [0.05, 0.1) is 12.3 Å². The van der Waals surface area contributed by atoms with Crippen LogP contribution < -0.4 is 15.4 Å². The van der Waals surface area contributed by atoms with Crippen LogP contribution in [0.5, 0.6) is 0 Å². The third-order valence-corrected chi connectivity index (χ3v) is 5.61. The predicted octanol–water partition coefficient (Wildman–Crippen LogP) is 2.35. The molecule has 0 radical (unpaired) electrons. The minimum Gasteiger partial charge on any atom is -0.357 e. The van der Waals surface area contributed by atoms with Gasteiger partial charge >= 0.3 is 0 Å². The molecule has 158 valence electrons. The minimum atomic E-state index is -3.41. The monoisotopic (exact) mass is 420 g/mol. The Labute approximate surface area is 172 Å². The summed E-state index contributed by atoms with van der Waals surface area (Å²) >= 11 is 0. The Morgan fingerprint density at radius 3 is 2.55 bits per heavy atom. The summed E-state index contributed by atoms with van der Waals surface area (Å²) in [7, 11) is -3.41. The molecule has 2 rings (SSSR count). The summed E-state index contributed by atoms with van der Waals surface area (Å²) in [6.07, 6.45) is 0.716. The molecule has 0 atom stereocenters. The van der Waals surface area contributed by atoms with Crippen molar-refractivity contribution in [1.82, 2.24) is 15.4 Å². The van der Waals surface area contributed by atoms with Gasteiger partial charge in [0.25, 0.3) is 0 Å². The quantitative estimate of drug-likeness (QED) is 0.407. The highest BCUT2D eigenvalue weighted by atomic mass is 32.2. The Balaban J connectivity index is 1.81. The van der Waals surface area contributed by atoms with Gasteiger partial charge in [0.15, 0.2) is 5.96 Å². The largest absolute Gasteiger partial charge is 0.357 e. The van der Waals surface area contributed by atoms with E-state index in [0.717, 1.165) is 16.7 Å². The van der Waals surface area contributed by atoms with E-state index >= 15 is 0 Å². The van der Waals surface area contributed by atoms with E-state index in [2.05, 4.69) is 20.3 Å². The maximum atomic E-state index is 13.2. The number of benzene rings is 2. The number of rotatable bonds is 10. The molecule has 0 fully saturated rings. The van der Waals surface area contributed by atoms with Gasteiger partial charge in [-0.1, -0.05) is 36.4 Å². The predicted molar refractivity (Wildman–Crippen MR) is 116 cm³/mol. The molecule has 0 aromatic heterocycles. The second-order valence-corrected chi connectivity index (χ2v) is 8.56. The van der Waals surface area contributed by atoms with Crippen molar-refractivity contribution < 1.29 is 12.8 Å². The molecule has 0 saturated carbocycles. The molecular formula is C21H29FN4O2S. The smallest absolute Gasteiger partial charge is 0.213 e. The van der Waals surface area contributed by atoms with Crippen LogP contribution in [-0.2, 0) is 23.0 Å². The van der Waals surface area contributed by atoms with Crippen LogP contribution in [0.15, 0.2) is 53.5 Å². The van der Waals surface area contributed by atoms with Crippen LogP contribution in [0, 0.1) is 12.7 Å². The molecule has 0 aliphatic heterocycles. The van der Waals surface area contributed by atoms with E-state index in [4.69, 9.17) is 0 Å². The molecule has 0 saturated heterocycles. The summed E-state index contributed by atoms with van der Waals surface area (Å²) in [5.41, 5.74) is 2.87. The average molecular weight is 421 g/mol. The van der Waals surface area contributed by atoms with Crippen LogP contribution in [0.4, 0.5) is 4.39 Å². The molecular weight excluding hydrogens is 391 g/mol. The van der Waals surface area contributed by atoms with E-state index in [1.54, 1.807) is 6.07 Å². The number of aliphatic imine (C=N–C) groups is 1. The van der Waals surface area contributed by atoms with E-state index in [9.17, 15) is 12.8 Å². The third-order valence-electron chi connectivity index (χ3n) is 4.30. The molecule has 3 N–H and O–H groups in total. The Hall–Kier alpha value is -2.45. The maximum Gasteiger partial charge on any atom is 0.213 e. The van der Waals surface area contributed by atoms with Crippen molar-refractivity contribution >= 4 is 16.0 Å². The normalized spacial score (nSPS) is 12.0. The van der Waals surface area contributed by atoms with Crippen LogP contribution >= 0.6 is 0 Å². The van der Waals surface area contributed by atoms with Gasteiger partial charge in [-0.3, -0.25) is 4.99 Å². The summed E-state index contributed by atoms with van der Waals surface area (Å²) in [4.78, 5) is 4.34. The SMILES string of the molecule is CCNC(=NCCS(=O)(=O)NCc1ccccc1)NCCc1ccc(F)cc1C. The zero-order valence-electron chi connectivity index (χ0n) is 16.9. The number of halogens is 1. The summed E-state index contributed by atoms with van der Waals surface area (Å²) < 4.78 is 40.1. The molecule has 0 amide bonds. The van der Waals surface area contributed by atoms with E-state index in [1.807, 2.05) is 44.2 Å². The van der Waals surface area contributed by atoms with Crippen molar-refractivity contribution in [3.63, 3.8) is 0 Å².